The fourth-order valence-corrected chi connectivity index (χ4v) is 10.4. The summed E-state index contributed by atoms with van der Waals surface area (Å²) in [6, 6.07) is 64.9. The van der Waals surface area contributed by atoms with Crippen LogP contribution in [-0.4, -0.2) is 4.57 Å². The second-order valence-electron chi connectivity index (χ2n) is 16.1. The Morgan fingerprint density at radius 1 is 0.509 bits per heavy atom. The molecule has 0 bridgehead atoms. The van der Waals surface area contributed by atoms with Gasteiger partial charge in [0.15, 0.2) is 0 Å². The van der Waals surface area contributed by atoms with Gasteiger partial charge in [0, 0.05) is 38.6 Å². The summed E-state index contributed by atoms with van der Waals surface area (Å²) in [6.07, 6.45) is 4.93. The molecule has 1 fully saturated rings. The minimum Gasteiger partial charge on any atom is -0.456 e. The van der Waals surface area contributed by atoms with Gasteiger partial charge in [0.05, 0.1) is 22.1 Å². The molecular weight excluding hydrogens is 693 g/mol. The number of hydrogen-bond donors (Lipinski definition) is 0. The van der Waals surface area contributed by atoms with E-state index >= 15 is 0 Å². The third kappa shape index (κ3) is 4.79. The van der Waals surface area contributed by atoms with Gasteiger partial charge in [0.25, 0.3) is 0 Å². The highest BCUT2D eigenvalue weighted by molar-refractivity contribution is 6.14. The number of hydrogen-bond acceptors (Lipinski definition) is 2. The van der Waals surface area contributed by atoms with Crippen LogP contribution in [0.3, 0.4) is 0 Å². The lowest BCUT2D eigenvalue weighted by Crippen LogP contribution is -2.21. The van der Waals surface area contributed by atoms with Gasteiger partial charge in [-0.1, -0.05) is 122 Å². The van der Waals surface area contributed by atoms with Crippen molar-refractivity contribution in [2.24, 2.45) is 0 Å². The van der Waals surface area contributed by atoms with Crippen LogP contribution >= 0.6 is 0 Å². The molecule has 0 N–H and O–H groups in total. The number of rotatable bonds is 5. The van der Waals surface area contributed by atoms with Crippen LogP contribution in [0.25, 0.3) is 71.7 Å². The molecule has 12 rings (SSSR count). The number of aryl methyl sites for hydroxylation is 1. The molecule has 2 aliphatic rings. The highest BCUT2D eigenvalue weighted by Gasteiger charge is 2.45. The third-order valence-electron chi connectivity index (χ3n) is 13.0. The lowest BCUT2D eigenvalue weighted by Gasteiger charge is -2.30. The Kier molecular flexibility index (Phi) is 7.01. The van der Waals surface area contributed by atoms with Crippen molar-refractivity contribution in [3.05, 3.63) is 193 Å². The molecule has 0 saturated heterocycles. The van der Waals surface area contributed by atoms with Gasteiger partial charge in [0.1, 0.15) is 11.2 Å². The van der Waals surface area contributed by atoms with E-state index in [9.17, 15) is 0 Å². The van der Waals surface area contributed by atoms with Crippen molar-refractivity contribution in [3.63, 3.8) is 0 Å². The Balaban J connectivity index is 1.02. The van der Waals surface area contributed by atoms with Crippen molar-refractivity contribution in [3.8, 4) is 27.9 Å². The van der Waals surface area contributed by atoms with Gasteiger partial charge in [-0.05, 0) is 126 Å². The Labute approximate surface area is 332 Å². The van der Waals surface area contributed by atoms with Gasteiger partial charge in [-0.3, -0.25) is 0 Å². The van der Waals surface area contributed by atoms with E-state index in [0.717, 1.165) is 33.3 Å². The van der Waals surface area contributed by atoms with Crippen LogP contribution in [0.5, 0.6) is 0 Å². The molecule has 57 heavy (non-hydrogen) atoms. The van der Waals surface area contributed by atoms with Gasteiger partial charge in [0.2, 0.25) is 0 Å². The maximum Gasteiger partial charge on any atom is 0.137 e. The first kappa shape index (κ1) is 32.4. The zero-order chi connectivity index (χ0) is 37.7. The Hall–Kier alpha value is -6.84. The first-order valence-corrected chi connectivity index (χ1v) is 20.3. The third-order valence-corrected chi connectivity index (χ3v) is 13.0. The Bertz CT molecular complexity index is 3190. The van der Waals surface area contributed by atoms with Gasteiger partial charge >= 0.3 is 0 Å². The number of furan rings is 1. The smallest absolute Gasteiger partial charge is 0.137 e. The van der Waals surface area contributed by atoms with Crippen LogP contribution in [0.4, 0.5) is 17.1 Å². The van der Waals surface area contributed by atoms with E-state index in [-0.39, 0.29) is 5.41 Å². The lowest BCUT2D eigenvalue weighted by molar-refractivity contribution is 0.550. The average Bonchev–Trinajstić information content (AvgIpc) is 4.04. The zero-order valence-corrected chi connectivity index (χ0v) is 31.9. The lowest BCUT2D eigenvalue weighted by atomic mass is 9.76. The standard InChI is InChI=1S/C54H40N2O/c1-35-19-24-39(25-20-35)56-48-15-6-3-12-43(48)45-33-37(23-30-49(45)56)36-21-26-38(27-22-36)55(50-16-10-18-52-53(50)44-13-4-7-17-51(44)57-52)40-28-29-42-41-11-2-5-14-46(41)54(47(42)34-40)31-8-9-32-54/h2-7,10-30,33-34H,8-9,31-32H2,1H3. The van der Waals surface area contributed by atoms with E-state index < -0.39 is 0 Å². The molecule has 10 aromatic rings. The summed E-state index contributed by atoms with van der Waals surface area (Å²) >= 11 is 0. The molecular formula is C54H40N2O. The molecule has 0 unspecified atom stereocenters. The minimum atomic E-state index is 0.0764. The van der Waals surface area contributed by atoms with Crippen LogP contribution in [0.2, 0.25) is 0 Å². The second-order valence-corrected chi connectivity index (χ2v) is 16.1. The Morgan fingerprint density at radius 2 is 1.19 bits per heavy atom. The molecule has 1 spiro atoms. The SMILES string of the molecule is Cc1ccc(-n2c3ccccc3c3cc(-c4ccc(N(c5ccc6c(c5)C5(CCCC5)c5ccccc5-6)c5cccc6oc7ccccc7c56)cc4)ccc32)cc1. The second kappa shape index (κ2) is 12.3. The van der Waals surface area contributed by atoms with Crippen molar-refractivity contribution in [1.29, 1.82) is 0 Å². The summed E-state index contributed by atoms with van der Waals surface area (Å²) in [5.41, 5.74) is 18.3. The molecule has 0 radical (unpaired) electrons. The predicted molar refractivity (Wildman–Crippen MR) is 238 cm³/mol. The molecule has 8 aromatic carbocycles. The minimum absolute atomic E-state index is 0.0764. The van der Waals surface area contributed by atoms with E-state index in [1.54, 1.807) is 0 Å². The number of nitrogens with zero attached hydrogens (tertiary/aromatic N) is 2. The van der Waals surface area contributed by atoms with E-state index in [4.69, 9.17) is 4.42 Å². The molecule has 1 saturated carbocycles. The number of fused-ring (bicyclic) bond motifs is 11. The van der Waals surface area contributed by atoms with Crippen molar-refractivity contribution < 1.29 is 4.42 Å². The number of anilines is 3. The predicted octanol–water partition coefficient (Wildman–Crippen LogP) is 15.0. The van der Waals surface area contributed by atoms with E-state index in [1.165, 1.54) is 97.8 Å². The summed E-state index contributed by atoms with van der Waals surface area (Å²) in [5, 5.41) is 4.78. The summed E-state index contributed by atoms with van der Waals surface area (Å²) in [5.74, 6) is 0. The van der Waals surface area contributed by atoms with Gasteiger partial charge in [-0.25, -0.2) is 0 Å². The van der Waals surface area contributed by atoms with E-state index in [0.29, 0.717) is 0 Å². The molecule has 272 valence electrons. The van der Waals surface area contributed by atoms with Gasteiger partial charge in [-0.2, -0.15) is 0 Å². The Morgan fingerprint density at radius 3 is 2.05 bits per heavy atom. The number of para-hydroxylation sites is 2. The highest BCUT2D eigenvalue weighted by atomic mass is 16.3. The largest absolute Gasteiger partial charge is 0.456 e. The molecule has 0 atom stereocenters. The monoisotopic (exact) mass is 732 g/mol. The van der Waals surface area contributed by atoms with E-state index in [2.05, 4.69) is 192 Å². The normalized spacial score (nSPS) is 14.3. The molecule has 2 aromatic heterocycles. The fraction of sp³-hybridized carbons (Fsp3) is 0.111. The summed E-state index contributed by atoms with van der Waals surface area (Å²) < 4.78 is 8.85. The first-order chi connectivity index (χ1) is 28.1. The number of benzene rings is 8. The average molecular weight is 733 g/mol. The summed E-state index contributed by atoms with van der Waals surface area (Å²) in [6.45, 7) is 2.14. The van der Waals surface area contributed by atoms with Crippen LogP contribution in [0, 0.1) is 6.92 Å². The summed E-state index contributed by atoms with van der Waals surface area (Å²) in [7, 11) is 0. The molecule has 0 aliphatic heterocycles. The van der Waals surface area contributed by atoms with Crippen LogP contribution in [0.15, 0.2) is 180 Å². The van der Waals surface area contributed by atoms with E-state index in [1.807, 2.05) is 0 Å². The van der Waals surface area contributed by atoms with Crippen LogP contribution in [-0.2, 0) is 5.41 Å². The van der Waals surface area contributed by atoms with Gasteiger partial charge < -0.3 is 13.9 Å². The van der Waals surface area contributed by atoms with Crippen LogP contribution in [0.1, 0.15) is 42.4 Å². The molecule has 0 amide bonds. The van der Waals surface area contributed by atoms with Crippen LogP contribution < -0.4 is 4.90 Å². The maximum atomic E-state index is 6.46. The van der Waals surface area contributed by atoms with Crippen molar-refractivity contribution >= 4 is 60.8 Å². The molecule has 2 heterocycles. The van der Waals surface area contributed by atoms with Crippen molar-refractivity contribution in [2.75, 3.05) is 4.90 Å². The van der Waals surface area contributed by atoms with Gasteiger partial charge in [-0.15, -0.1) is 0 Å². The first-order valence-electron chi connectivity index (χ1n) is 20.3. The van der Waals surface area contributed by atoms with Crippen molar-refractivity contribution in [2.45, 2.75) is 38.0 Å². The quantitative estimate of drug-likeness (QED) is 0.176. The molecule has 3 heteroatoms. The van der Waals surface area contributed by atoms with Crippen molar-refractivity contribution in [1.82, 2.24) is 4.57 Å². The molecule has 3 nitrogen and oxygen atoms in total. The zero-order valence-electron chi connectivity index (χ0n) is 31.9. The molecule has 2 aliphatic carbocycles. The fourth-order valence-electron chi connectivity index (χ4n) is 10.4. The topological polar surface area (TPSA) is 21.3 Å². The number of aromatic nitrogens is 1. The highest BCUT2D eigenvalue weighted by Crippen LogP contribution is 2.58. The maximum absolute atomic E-state index is 6.46. The summed E-state index contributed by atoms with van der Waals surface area (Å²) in [4.78, 5) is 2.46.